The maximum absolute atomic E-state index is 11.8. The molecule has 1 aromatic heterocycles. The Hall–Kier alpha value is -2.39. The van der Waals surface area contributed by atoms with Gasteiger partial charge in [-0.2, -0.15) is 9.78 Å². The zero-order chi connectivity index (χ0) is 15.6. The molecule has 0 radical (unpaired) electrons. The van der Waals surface area contributed by atoms with Gasteiger partial charge >= 0.3 is 0 Å². The van der Waals surface area contributed by atoms with Crippen LogP contribution < -0.4 is 20.2 Å². The number of sulfonamides is 1. The number of hydrogen-bond acceptors (Lipinski definition) is 6. The van der Waals surface area contributed by atoms with Gasteiger partial charge in [0.15, 0.2) is 4.90 Å². The van der Waals surface area contributed by atoms with Crippen molar-refractivity contribution < 1.29 is 17.9 Å². The maximum Gasteiger partial charge on any atom is 0.271 e. The van der Waals surface area contributed by atoms with Gasteiger partial charge in [-0.05, 0) is 6.07 Å². The molecule has 0 fully saturated rings. The van der Waals surface area contributed by atoms with E-state index in [1.54, 1.807) is 0 Å². The summed E-state index contributed by atoms with van der Waals surface area (Å²) in [5.74, 6) is -0.0752. The molecule has 0 bridgehead atoms. The van der Waals surface area contributed by atoms with E-state index in [1.807, 2.05) is 0 Å². The first-order valence-electron chi connectivity index (χ1n) is 5.72. The Bertz CT molecular complexity index is 804. The van der Waals surface area contributed by atoms with Gasteiger partial charge in [-0.15, -0.1) is 0 Å². The Morgan fingerprint density at radius 2 is 1.76 bits per heavy atom. The van der Waals surface area contributed by atoms with Crippen LogP contribution in [-0.4, -0.2) is 32.4 Å². The van der Waals surface area contributed by atoms with Crippen LogP contribution in [0.15, 0.2) is 40.2 Å². The number of rotatable bonds is 4. The van der Waals surface area contributed by atoms with Crippen LogP contribution in [0.4, 0.5) is 0 Å². The van der Waals surface area contributed by atoms with Crippen molar-refractivity contribution in [1.82, 2.24) is 9.78 Å². The summed E-state index contributed by atoms with van der Waals surface area (Å²) in [7, 11) is -1.48. The first kappa shape index (κ1) is 15.0. The molecule has 0 spiro atoms. The fourth-order valence-electron chi connectivity index (χ4n) is 1.82. The highest BCUT2D eigenvalue weighted by Crippen LogP contribution is 2.34. The lowest BCUT2D eigenvalue weighted by atomic mass is 10.2. The van der Waals surface area contributed by atoms with Crippen LogP contribution in [0.1, 0.15) is 0 Å². The van der Waals surface area contributed by atoms with E-state index in [4.69, 9.17) is 14.6 Å². The smallest absolute Gasteiger partial charge is 0.271 e. The maximum atomic E-state index is 11.8. The van der Waals surface area contributed by atoms with Gasteiger partial charge in [-0.3, -0.25) is 4.79 Å². The quantitative estimate of drug-likeness (QED) is 0.843. The van der Waals surface area contributed by atoms with Crippen LogP contribution in [0.5, 0.6) is 11.5 Å². The van der Waals surface area contributed by atoms with Gasteiger partial charge in [0.1, 0.15) is 11.5 Å². The summed E-state index contributed by atoms with van der Waals surface area (Å²) in [6, 6.07) is 5.50. The number of nitrogens with two attached hydrogens (primary N) is 1. The van der Waals surface area contributed by atoms with Gasteiger partial charge in [0, 0.05) is 24.4 Å². The Morgan fingerprint density at radius 3 is 2.19 bits per heavy atom. The Morgan fingerprint density at radius 1 is 1.19 bits per heavy atom. The molecule has 0 aliphatic rings. The largest absolute Gasteiger partial charge is 0.495 e. The lowest BCUT2D eigenvalue weighted by Gasteiger charge is -2.14. The molecule has 2 N–H and O–H groups in total. The molecule has 0 saturated heterocycles. The first-order chi connectivity index (χ1) is 9.88. The highest BCUT2D eigenvalue weighted by atomic mass is 32.2. The van der Waals surface area contributed by atoms with Gasteiger partial charge in [0.25, 0.3) is 5.56 Å². The van der Waals surface area contributed by atoms with Crippen LogP contribution in [0.3, 0.4) is 0 Å². The lowest BCUT2D eigenvalue weighted by Crippen LogP contribution is -2.20. The summed E-state index contributed by atoms with van der Waals surface area (Å²) in [6.07, 6.45) is 1.42. The van der Waals surface area contributed by atoms with Crippen LogP contribution in [0.2, 0.25) is 0 Å². The fraction of sp³-hybridized carbons (Fsp3) is 0.167. The number of aromatic nitrogens is 2. The molecule has 0 saturated carbocycles. The number of methoxy groups -OCH3 is 2. The van der Waals surface area contributed by atoms with Crippen molar-refractivity contribution in [2.75, 3.05) is 14.2 Å². The standard InChI is InChI=1S/C12H13N3O5S/c1-19-9-6-8(15-11(16)4-3-5-14-15)7-10(20-2)12(9)21(13,17)18/h3-7H,1-2H3,(H2,13,17,18). The van der Waals surface area contributed by atoms with Crippen molar-refractivity contribution >= 4 is 10.0 Å². The third-order valence-electron chi connectivity index (χ3n) is 2.69. The highest BCUT2D eigenvalue weighted by Gasteiger charge is 2.23. The van der Waals surface area contributed by atoms with Crippen LogP contribution in [-0.2, 0) is 10.0 Å². The van der Waals surface area contributed by atoms with Gasteiger partial charge in [-0.25, -0.2) is 13.6 Å². The first-order valence-corrected chi connectivity index (χ1v) is 7.26. The van der Waals surface area contributed by atoms with Gasteiger partial charge in [0.2, 0.25) is 10.0 Å². The van der Waals surface area contributed by atoms with E-state index in [2.05, 4.69) is 5.10 Å². The minimum absolute atomic E-state index is 0.0376. The van der Waals surface area contributed by atoms with Crippen LogP contribution in [0, 0.1) is 0 Å². The highest BCUT2D eigenvalue weighted by molar-refractivity contribution is 7.89. The summed E-state index contributed by atoms with van der Waals surface area (Å²) in [4.78, 5) is 11.5. The SMILES string of the molecule is COc1cc(-n2ncccc2=O)cc(OC)c1S(N)(=O)=O. The molecule has 0 aliphatic carbocycles. The van der Waals surface area contributed by atoms with E-state index >= 15 is 0 Å². The minimum Gasteiger partial charge on any atom is -0.495 e. The number of ether oxygens (including phenoxy) is 2. The summed E-state index contributed by atoms with van der Waals surface area (Å²) >= 11 is 0. The average Bonchev–Trinajstić information content (AvgIpc) is 2.45. The van der Waals surface area contributed by atoms with Gasteiger partial charge in [-0.1, -0.05) is 0 Å². The topological polar surface area (TPSA) is 114 Å². The number of primary sulfonamides is 1. The van der Waals surface area contributed by atoms with Gasteiger partial charge in [0.05, 0.1) is 19.9 Å². The molecule has 0 amide bonds. The molecule has 9 heteroatoms. The molecule has 112 valence electrons. The van der Waals surface area contributed by atoms with E-state index in [-0.39, 0.29) is 22.0 Å². The van der Waals surface area contributed by atoms with Crippen LogP contribution in [0.25, 0.3) is 5.69 Å². The van der Waals surface area contributed by atoms with E-state index in [0.29, 0.717) is 5.69 Å². The summed E-state index contributed by atoms with van der Waals surface area (Å²) in [6.45, 7) is 0. The second-order valence-electron chi connectivity index (χ2n) is 4.00. The molecule has 0 atom stereocenters. The number of nitrogens with zero attached hydrogens (tertiary/aromatic N) is 2. The molecular formula is C12H13N3O5S. The molecule has 1 aromatic carbocycles. The van der Waals surface area contributed by atoms with Crippen molar-refractivity contribution in [3.63, 3.8) is 0 Å². The molecule has 21 heavy (non-hydrogen) atoms. The van der Waals surface area contributed by atoms with Gasteiger partial charge < -0.3 is 9.47 Å². The Balaban J connectivity index is 2.79. The van der Waals surface area contributed by atoms with Crippen molar-refractivity contribution in [2.24, 2.45) is 5.14 Å². The van der Waals surface area contributed by atoms with Crippen molar-refractivity contribution in [3.05, 3.63) is 40.8 Å². The zero-order valence-electron chi connectivity index (χ0n) is 11.3. The molecule has 0 unspecified atom stereocenters. The normalized spacial score (nSPS) is 11.2. The molecule has 1 heterocycles. The van der Waals surface area contributed by atoms with Crippen molar-refractivity contribution in [3.8, 4) is 17.2 Å². The average molecular weight is 311 g/mol. The predicted molar refractivity (Wildman–Crippen MR) is 74.3 cm³/mol. The number of hydrogen-bond donors (Lipinski definition) is 1. The van der Waals surface area contributed by atoms with E-state index in [9.17, 15) is 13.2 Å². The molecule has 8 nitrogen and oxygen atoms in total. The molecule has 2 aromatic rings. The summed E-state index contributed by atoms with van der Waals surface area (Å²) < 4.78 is 34.4. The third-order valence-corrected chi connectivity index (χ3v) is 3.66. The van der Waals surface area contributed by atoms with Crippen molar-refractivity contribution in [1.29, 1.82) is 0 Å². The van der Waals surface area contributed by atoms with Crippen molar-refractivity contribution in [2.45, 2.75) is 4.90 Å². The molecule has 2 rings (SSSR count). The second kappa shape index (κ2) is 5.54. The molecular weight excluding hydrogens is 298 g/mol. The fourth-order valence-corrected chi connectivity index (χ4v) is 2.67. The summed E-state index contributed by atoms with van der Waals surface area (Å²) in [5.41, 5.74) is -0.0911. The molecule has 0 aliphatic heterocycles. The Kier molecular flexibility index (Phi) is 3.96. The van der Waals surface area contributed by atoms with Crippen LogP contribution >= 0.6 is 0 Å². The predicted octanol–water partition coefficient (Wildman–Crippen LogP) is -0.103. The zero-order valence-corrected chi connectivity index (χ0v) is 12.1. The summed E-state index contributed by atoms with van der Waals surface area (Å²) in [5, 5.41) is 9.06. The Labute approximate surface area is 120 Å². The van der Waals surface area contributed by atoms with E-state index < -0.39 is 10.0 Å². The van der Waals surface area contributed by atoms with E-state index in [0.717, 1.165) is 4.68 Å². The number of benzene rings is 1. The van der Waals surface area contributed by atoms with E-state index in [1.165, 1.54) is 44.7 Å². The lowest BCUT2D eigenvalue weighted by molar-refractivity contribution is 0.373. The monoisotopic (exact) mass is 311 g/mol. The third kappa shape index (κ3) is 2.88. The minimum atomic E-state index is -4.06. The second-order valence-corrected chi connectivity index (χ2v) is 5.50.